The summed E-state index contributed by atoms with van der Waals surface area (Å²) in [6, 6.07) is 2.10. The van der Waals surface area contributed by atoms with E-state index in [1.165, 1.54) is 10.4 Å². The zero-order valence-electron chi connectivity index (χ0n) is 6.46. The van der Waals surface area contributed by atoms with Crippen molar-refractivity contribution >= 4 is 17.7 Å². The molecule has 2 nitrogen and oxygen atoms in total. The number of aryl methyl sites for hydroxylation is 1. The second kappa shape index (κ2) is 4.13. The lowest BCUT2D eigenvalue weighted by Gasteiger charge is -1.98. The lowest BCUT2D eigenvalue weighted by molar-refractivity contribution is -0.109. The summed E-state index contributed by atoms with van der Waals surface area (Å²) in [6.45, 7) is 2.79. The van der Waals surface area contributed by atoms with E-state index in [1.807, 2.05) is 0 Å². The third kappa shape index (κ3) is 2.05. The number of thiophene rings is 1. The van der Waals surface area contributed by atoms with E-state index in [-0.39, 0.29) is 0 Å². The summed E-state index contributed by atoms with van der Waals surface area (Å²) < 4.78 is 0. The molecule has 0 aliphatic heterocycles. The zero-order valence-corrected chi connectivity index (χ0v) is 7.28. The van der Waals surface area contributed by atoms with Gasteiger partial charge >= 0.3 is 0 Å². The first-order chi connectivity index (χ1) is 5.38. The zero-order chi connectivity index (χ0) is 8.10. The van der Waals surface area contributed by atoms with Crippen LogP contribution in [0.2, 0.25) is 0 Å². The van der Waals surface area contributed by atoms with Crippen LogP contribution >= 0.6 is 11.3 Å². The van der Waals surface area contributed by atoms with Crippen LogP contribution in [0.5, 0.6) is 0 Å². The van der Waals surface area contributed by atoms with Crippen LogP contribution in [0.25, 0.3) is 0 Å². The van der Waals surface area contributed by atoms with Gasteiger partial charge in [-0.05, 0) is 23.4 Å². The Labute approximate surface area is 70.2 Å². The Morgan fingerprint density at radius 2 is 2.55 bits per heavy atom. The maximum Gasteiger partial charge on any atom is 0.207 e. The molecule has 11 heavy (non-hydrogen) atoms. The fraction of sp³-hybridized carbons (Fsp3) is 0.375. The van der Waals surface area contributed by atoms with Gasteiger partial charge in [-0.3, -0.25) is 4.79 Å². The molecule has 0 fully saturated rings. The summed E-state index contributed by atoms with van der Waals surface area (Å²) in [5.41, 5.74) is 1.34. The molecule has 0 aliphatic carbocycles. The van der Waals surface area contributed by atoms with Crippen LogP contribution in [-0.2, 0) is 17.8 Å². The van der Waals surface area contributed by atoms with Crippen LogP contribution < -0.4 is 5.32 Å². The molecule has 0 atom stereocenters. The second-order valence-corrected chi connectivity index (χ2v) is 3.22. The molecule has 1 amide bonds. The molecule has 1 aromatic heterocycles. The summed E-state index contributed by atoms with van der Waals surface area (Å²) in [4.78, 5) is 11.3. The normalized spacial score (nSPS) is 9.55. The Bertz CT molecular complexity index is 232. The minimum Gasteiger partial charge on any atom is -0.354 e. The van der Waals surface area contributed by atoms with E-state index in [0.717, 1.165) is 12.8 Å². The quantitative estimate of drug-likeness (QED) is 0.681. The monoisotopic (exact) mass is 169 g/mol. The number of hydrogen-bond acceptors (Lipinski definition) is 2. The van der Waals surface area contributed by atoms with Gasteiger partial charge in [-0.1, -0.05) is 6.92 Å². The average Bonchev–Trinajstić information content (AvgIpc) is 2.47. The van der Waals surface area contributed by atoms with Crippen LogP contribution in [0.3, 0.4) is 0 Å². The SMILES string of the molecule is CCc1ccsc1CNC=O. The van der Waals surface area contributed by atoms with Gasteiger partial charge in [0.05, 0.1) is 6.54 Å². The van der Waals surface area contributed by atoms with Crippen LogP contribution in [0.15, 0.2) is 11.4 Å². The van der Waals surface area contributed by atoms with Gasteiger partial charge in [-0.15, -0.1) is 11.3 Å². The Morgan fingerprint density at radius 3 is 3.18 bits per heavy atom. The second-order valence-electron chi connectivity index (χ2n) is 2.22. The smallest absolute Gasteiger partial charge is 0.207 e. The van der Waals surface area contributed by atoms with Crippen LogP contribution in [0, 0.1) is 0 Å². The Kier molecular flexibility index (Phi) is 3.11. The van der Waals surface area contributed by atoms with Crippen molar-refractivity contribution in [2.45, 2.75) is 19.9 Å². The lowest BCUT2D eigenvalue weighted by Crippen LogP contribution is -2.09. The van der Waals surface area contributed by atoms with Gasteiger partial charge in [0.1, 0.15) is 0 Å². The highest BCUT2D eigenvalue weighted by atomic mass is 32.1. The molecule has 0 aromatic carbocycles. The predicted molar refractivity (Wildman–Crippen MR) is 46.6 cm³/mol. The summed E-state index contributed by atoms with van der Waals surface area (Å²) in [7, 11) is 0. The standard InChI is InChI=1S/C8H11NOS/c1-2-7-3-4-11-8(7)5-9-6-10/h3-4,6H,2,5H2,1H3,(H,9,10). The maximum atomic E-state index is 9.99. The Morgan fingerprint density at radius 1 is 1.73 bits per heavy atom. The molecule has 1 rings (SSSR count). The lowest BCUT2D eigenvalue weighted by atomic mass is 10.2. The largest absolute Gasteiger partial charge is 0.354 e. The fourth-order valence-corrected chi connectivity index (χ4v) is 1.90. The molecular formula is C8H11NOS. The molecule has 0 saturated carbocycles. The first-order valence-corrected chi connectivity index (χ1v) is 4.48. The molecule has 1 heterocycles. The van der Waals surface area contributed by atoms with Gasteiger partial charge < -0.3 is 5.32 Å². The van der Waals surface area contributed by atoms with Crippen molar-refractivity contribution in [2.24, 2.45) is 0 Å². The number of carbonyl (C=O) groups excluding carboxylic acids is 1. The summed E-state index contributed by atoms with van der Waals surface area (Å²) in [6.07, 6.45) is 1.78. The summed E-state index contributed by atoms with van der Waals surface area (Å²) >= 11 is 1.69. The molecular weight excluding hydrogens is 158 g/mol. The van der Waals surface area contributed by atoms with Gasteiger partial charge in [0.25, 0.3) is 0 Å². The van der Waals surface area contributed by atoms with E-state index < -0.39 is 0 Å². The van der Waals surface area contributed by atoms with Crippen molar-refractivity contribution in [3.63, 3.8) is 0 Å². The van der Waals surface area contributed by atoms with Crippen molar-refractivity contribution in [1.82, 2.24) is 5.32 Å². The van der Waals surface area contributed by atoms with Gasteiger partial charge in [0.2, 0.25) is 6.41 Å². The highest BCUT2D eigenvalue weighted by molar-refractivity contribution is 7.10. The van der Waals surface area contributed by atoms with Crippen LogP contribution in [-0.4, -0.2) is 6.41 Å². The molecule has 0 saturated heterocycles. The number of nitrogens with one attached hydrogen (secondary N) is 1. The van der Waals surface area contributed by atoms with Crippen molar-refractivity contribution in [2.75, 3.05) is 0 Å². The Balaban J connectivity index is 2.60. The first kappa shape index (κ1) is 8.27. The molecule has 0 unspecified atom stereocenters. The van der Waals surface area contributed by atoms with E-state index in [9.17, 15) is 4.79 Å². The highest BCUT2D eigenvalue weighted by Crippen LogP contribution is 2.16. The maximum absolute atomic E-state index is 9.99. The van der Waals surface area contributed by atoms with E-state index in [1.54, 1.807) is 11.3 Å². The van der Waals surface area contributed by atoms with Gasteiger partial charge in [-0.25, -0.2) is 0 Å². The molecule has 0 aliphatic rings. The average molecular weight is 169 g/mol. The first-order valence-electron chi connectivity index (χ1n) is 3.60. The van der Waals surface area contributed by atoms with E-state index in [0.29, 0.717) is 6.54 Å². The predicted octanol–water partition coefficient (Wildman–Crippen LogP) is 1.56. The molecule has 0 radical (unpaired) electrons. The summed E-state index contributed by atoms with van der Waals surface area (Å²) in [5.74, 6) is 0. The third-order valence-corrected chi connectivity index (χ3v) is 2.53. The van der Waals surface area contributed by atoms with E-state index in [2.05, 4.69) is 23.7 Å². The molecule has 0 spiro atoms. The molecule has 0 bridgehead atoms. The van der Waals surface area contributed by atoms with Crippen molar-refractivity contribution < 1.29 is 4.79 Å². The van der Waals surface area contributed by atoms with Gasteiger partial charge in [0.15, 0.2) is 0 Å². The van der Waals surface area contributed by atoms with Crippen molar-refractivity contribution in [3.05, 3.63) is 21.9 Å². The number of amides is 1. The number of hydrogen-bond donors (Lipinski definition) is 1. The fourth-order valence-electron chi connectivity index (χ4n) is 0.972. The van der Waals surface area contributed by atoms with E-state index in [4.69, 9.17) is 0 Å². The molecule has 1 aromatic rings. The minimum atomic E-state index is 0.671. The van der Waals surface area contributed by atoms with E-state index >= 15 is 0 Å². The van der Waals surface area contributed by atoms with Crippen LogP contribution in [0.1, 0.15) is 17.4 Å². The minimum absolute atomic E-state index is 0.671. The van der Waals surface area contributed by atoms with Crippen molar-refractivity contribution in [1.29, 1.82) is 0 Å². The van der Waals surface area contributed by atoms with Gasteiger partial charge in [0, 0.05) is 4.88 Å². The summed E-state index contributed by atoms with van der Waals surface area (Å²) in [5, 5.41) is 4.71. The van der Waals surface area contributed by atoms with Crippen molar-refractivity contribution in [3.8, 4) is 0 Å². The van der Waals surface area contributed by atoms with Gasteiger partial charge in [-0.2, -0.15) is 0 Å². The topological polar surface area (TPSA) is 29.1 Å². The molecule has 60 valence electrons. The number of rotatable bonds is 4. The molecule has 3 heteroatoms. The van der Waals surface area contributed by atoms with Crippen LogP contribution in [0.4, 0.5) is 0 Å². The third-order valence-electron chi connectivity index (χ3n) is 1.56. The highest BCUT2D eigenvalue weighted by Gasteiger charge is 1.99. The molecule has 1 N–H and O–H groups in total. The number of carbonyl (C=O) groups is 1. The Hall–Kier alpha value is -0.830.